The van der Waals surface area contributed by atoms with Gasteiger partial charge in [-0.2, -0.15) is 0 Å². The fraction of sp³-hybridized carbons (Fsp3) is 0.152. The van der Waals surface area contributed by atoms with Gasteiger partial charge >= 0.3 is 5.97 Å². The predicted octanol–water partition coefficient (Wildman–Crippen LogP) is 5.28. The Balaban J connectivity index is 1.38. The molecule has 5 rings (SSSR count). The van der Waals surface area contributed by atoms with E-state index in [0.717, 1.165) is 22.4 Å². The first kappa shape index (κ1) is 27.3. The summed E-state index contributed by atoms with van der Waals surface area (Å²) >= 11 is 0. The van der Waals surface area contributed by atoms with E-state index in [4.69, 9.17) is 4.74 Å². The minimum Gasteiger partial charge on any atom is -0.497 e. The number of nitrogens with one attached hydrogen (secondary N) is 2. The second-order valence-corrected chi connectivity index (χ2v) is 9.72. The molecule has 206 valence electrons. The average molecular weight is 548 g/mol. The molecular formula is C33H29N3O5. The molecule has 1 aliphatic heterocycles. The number of rotatable bonds is 9. The maximum atomic E-state index is 13.5. The van der Waals surface area contributed by atoms with E-state index >= 15 is 0 Å². The Kier molecular flexibility index (Phi) is 7.92. The van der Waals surface area contributed by atoms with Crippen LogP contribution in [0, 0.1) is 0 Å². The van der Waals surface area contributed by atoms with Gasteiger partial charge in [-0.15, -0.1) is 0 Å². The van der Waals surface area contributed by atoms with Gasteiger partial charge in [0.05, 0.1) is 30.8 Å². The molecule has 1 aliphatic rings. The third-order valence-corrected chi connectivity index (χ3v) is 7.11. The fourth-order valence-corrected chi connectivity index (χ4v) is 4.87. The summed E-state index contributed by atoms with van der Waals surface area (Å²) in [6.45, 7) is 2.71. The molecule has 0 saturated carbocycles. The van der Waals surface area contributed by atoms with Crippen molar-refractivity contribution in [1.82, 2.24) is 10.6 Å². The SMILES string of the molecule is COc1cccc(C(CNC(=O)c2ccccc2C(=O)O)NC(=O)c2cccc(-c3ccc4c(c3)C(C)=NC4)c2)c1. The Morgan fingerprint density at radius 2 is 1.63 bits per heavy atom. The van der Waals surface area contributed by atoms with E-state index in [0.29, 0.717) is 23.4 Å². The molecule has 8 nitrogen and oxygen atoms in total. The normalized spacial score (nSPS) is 12.6. The molecule has 0 saturated heterocycles. The van der Waals surface area contributed by atoms with Crippen molar-refractivity contribution in [3.63, 3.8) is 0 Å². The second kappa shape index (κ2) is 11.9. The standard InChI is InChI=1S/C33H29N3O5/c1-20-29-17-22(13-14-25(29)18-34-20)21-7-5-9-24(15-21)31(37)36-30(23-8-6-10-26(16-23)41-2)19-35-32(38)27-11-3-4-12-28(27)33(39)40/h3-17,30H,18-19H2,1-2H3,(H,35,38)(H,36,37)(H,39,40). The number of ether oxygens (including phenoxy) is 1. The highest BCUT2D eigenvalue weighted by Gasteiger charge is 2.21. The van der Waals surface area contributed by atoms with Crippen LogP contribution in [0.5, 0.6) is 5.75 Å². The quantitative estimate of drug-likeness (QED) is 0.263. The highest BCUT2D eigenvalue weighted by molar-refractivity contribution is 6.05. The number of methoxy groups -OCH3 is 1. The lowest BCUT2D eigenvalue weighted by Gasteiger charge is -2.21. The summed E-state index contributed by atoms with van der Waals surface area (Å²) in [6, 6.07) is 26.1. The van der Waals surface area contributed by atoms with Gasteiger partial charge in [-0.05, 0) is 71.6 Å². The van der Waals surface area contributed by atoms with Crippen LogP contribution < -0.4 is 15.4 Å². The number of hydrogen-bond donors (Lipinski definition) is 3. The smallest absolute Gasteiger partial charge is 0.336 e. The predicted molar refractivity (Wildman–Crippen MR) is 157 cm³/mol. The van der Waals surface area contributed by atoms with Crippen molar-refractivity contribution < 1.29 is 24.2 Å². The van der Waals surface area contributed by atoms with Gasteiger partial charge in [-0.1, -0.05) is 48.5 Å². The van der Waals surface area contributed by atoms with E-state index in [1.165, 1.54) is 17.7 Å². The van der Waals surface area contributed by atoms with E-state index in [1.807, 2.05) is 37.3 Å². The van der Waals surface area contributed by atoms with Crippen molar-refractivity contribution in [2.45, 2.75) is 19.5 Å². The van der Waals surface area contributed by atoms with Crippen LogP contribution in [0.4, 0.5) is 0 Å². The van der Waals surface area contributed by atoms with Gasteiger partial charge < -0.3 is 20.5 Å². The molecular weight excluding hydrogens is 518 g/mol. The number of hydrogen-bond acceptors (Lipinski definition) is 5. The largest absolute Gasteiger partial charge is 0.497 e. The molecule has 1 heterocycles. The molecule has 1 atom stereocenters. The van der Waals surface area contributed by atoms with Crippen LogP contribution in [0.1, 0.15) is 60.7 Å². The third-order valence-electron chi connectivity index (χ3n) is 7.11. The zero-order chi connectivity index (χ0) is 28.9. The van der Waals surface area contributed by atoms with Crippen molar-refractivity contribution in [2.75, 3.05) is 13.7 Å². The monoisotopic (exact) mass is 547 g/mol. The molecule has 4 aromatic carbocycles. The van der Waals surface area contributed by atoms with Crippen LogP contribution in [-0.4, -0.2) is 42.3 Å². The number of amides is 2. The molecule has 0 fully saturated rings. The van der Waals surface area contributed by atoms with Gasteiger partial charge in [0.1, 0.15) is 5.75 Å². The first-order valence-corrected chi connectivity index (χ1v) is 13.1. The Morgan fingerprint density at radius 3 is 2.41 bits per heavy atom. The topological polar surface area (TPSA) is 117 Å². The highest BCUT2D eigenvalue weighted by atomic mass is 16.5. The van der Waals surface area contributed by atoms with Crippen LogP contribution in [0.15, 0.2) is 96.0 Å². The van der Waals surface area contributed by atoms with Crippen LogP contribution in [0.25, 0.3) is 11.1 Å². The van der Waals surface area contributed by atoms with E-state index in [1.54, 1.807) is 43.5 Å². The zero-order valence-corrected chi connectivity index (χ0v) is 22.7. The summed E-state index contributed by atoms with van der Waals surface area (Å²) in [5.74, 6) is -1.47. The number of benzene rings is 4. The average Bonchev–Trinajstić information content (AvgIpc) is 3.38. The number of carbonyl (C=O) groups excluding carboxylic acids is 2. The lowest BCUT2D eigenvalue weighted by Crippen LogP contribution is -2.38. The molecule has 0 bridgehead atoms. The van der Waals surface area contributed by atoms with Crippen molar-refractivity contribution in [3.8, 4) is 16.9 Å². The first-order chi connectivity index (χ1) is 19.8. The number of aromatic carboxylic acids is 1. The van der Waals surface area contributed by atoms with Crippen LogP contribution in [0.3, 0.4) is 0 Å². The van der Waals surface area contributed by atoms with Crippen LogP contribution in [-0.2, 0) is 6.54 Å². The van der Waals surface area contributed by atoms with Crippen molar-refractivity contribution in [1.29, 1.82) is 0 Å². The fourth-order valence-electron chi connectivity index (χ4n) is 4.87. The number of carbonyl (C=O) groups is 3. The molecule has 0 aromatic heterocycles. The number of carboxylic acid groups (broad SMARTS) is 1. The molecule has 0 aliphatic carbocycles. The third kappa shape index (κ3) is 6.01. The van der Waals surface area contributed by atoms with Crippen molar-refractivity contribution in [3.05, 3.63) is 124 Å². The van der Waals surface area contributed by atoms with Gasteiger partial charge in [0.25, 0.3) is 11.8 Å². The van der Waals surface area contributed by atoms with Crippen LogP contribution >= 0.6 is 0 Å². The molecule has 4 aromatic rings. The molecule has 1 unspecified atom stereocenters. The van der Waals surface area contributed by atoms with E-state index < -0.39 is 17.9 Å². The molecule has 8 heteroatoms. The molecule has 41 heavy (non-hydrogen) atoms. The Labute approximate surface area is 237 Å². The summed E-state index contributed by atoms with van der Waals surface area (Å²) in [4.78, 5) is 42.6. The number of nitrogens with zero attached hydrogens (tertiary/aromatic N) is 1. The molecule has 3 N–H and O–H groups in total. The van der Waals surface area contributed by atoms with Gasteiger partial charge in [0.15, 0.2) is 0 Å². The van der Waals surface area contributed by atoms with Gasteiger partial charge in [-0.25, -0.2) is 4.79 Å². The molecule has 0 spiro atoms. The Morgan fingerprint density at radius 1 is 0.878 bits per heavy atom. The molecule has 0 radical (unpaired) electrons. The summed E-state index contributed by atoms with van der Waals surface area (Å²) in [7, 11) is 1.55. The summed E-state index contributed by atoms with van der Waals surface area (Å²) in [5.41, 5.74) is 6.32. The highest BCUT2D eigenvalue weighted by Crippen LogP contribution is 2.27. The second-order valence-electron chi connectivity index (χ2n) is 9.72. The summed E-state index contributed by atoms with van der Waals surface area (Å²) < 4.78 is 5.36. The van der Waals surface area contributed by atoms with Gasteiger partial charge in [0, 0.05) is 23.4 Å². The summed E-state index contributed by atoms with van der Waals surface area (Å²) in [6.07, 6.45) is 0. The minimum atomic E-state index is -1.20. The lowest BCUT2D eigenvalue weighted by atomic mass is 9.97. The van der Waals surface area contributed by atoms with E-state index in [2.05, 4.69) is 27.8 Å². The molecule has 2 amide bonds. The van der Waals surface area contributed by atoms with Crippen LogP contribution in [0.2, 0.25) is 0 Å². The Bertz CT molecular complexity index is 1680. The number of fused-ring (bicyclic) bond motifs is 1. The number of aliphatic imine (C=N–C) groups is 1. The van der Waals surface area contributed by atoms with Gasteiger partial charge in [-0.3, -0.25) is 14.6 Å². The zero-order valence-electron chi connectivity index (χ0n) is 22.7. The maximum absolute atomic E-state index is 13.5. The Hall–Kier alpha value is -5.24. The van der Waals surface area contributed by atoms with E-state index in [9.17, 15) is 19.5 Å². The summed E-state index contributed by atoms with van der Waals surface area (Å²) in [5, 5.41) is 15.3. The van der Waals surface area contributed by atoms with Gasteiger partial charge in [0.2, 0.25) is 0 Å². The lowest BCUT2D eigenvalue weighted by molar-refractivity contribution is 0.0691. The number of carboxylic acids is 1. The van der Waals surface area contributed by atoms with E-state index in [-0.39, 0.29) is 23.6 Å². The van der Waals surface area contributed by atoms with Crippen molar-refractivity contribution >= 4 is 23.5 Å². The van der Waals surface area contributed by atoms with Crippen molar-refractivity contribution in [2.24, 2.45) is 4.99 Å². The maximum Gasteiger partial charge on any atom is 0.336 e. The minimum absolute atomic E-state index is 0.0226. The first-order valence-electron chi connectivity index (χ1n) is 13.1.